The van der Waals surface area contributed by atoms with Gasteiger partial charge >= 0.3 is 0 Å². The summed E-state index contributed by atoms with van der Waals surface area (Å²) in [6.45, 7) is 0. The summed E-state index contributed by atoms with van der Waals surface area (Å²) in [5, 5.41) is 13.2. The molecule has 146 valence electrons. The van der Waals surface area contributed by atoms with E-state index in [2.05, 4.69) is 26.3 Å². The van der Waals surface area contributed by atoms with Crippen molar-refractivity contribution in [3.8, 4) is 6.07 Å². The molecule has 0 unspecified atom stereocenters. The van der Waals surface area contributed by atoms with Gasteiger partial charge in [0.2, 0.25) is 11.9 Å². The van der Waals surface area contributed by atoms with Crippen LogP contribution >= 0.6 is 11.8 Å². The van der Waals surface area contributed by atoms with Gasteiger partial charge in [-0.25, -0.2) is 9.37 Å². The van der Waals surface area contributed by atoms with Crippen molar-refractivity contribution < 1.29 is 4.39 Å². The largest absolute Gasteiger partial charge is 0.368 e. The Balaban J connectivity index is 1.52. The van der Waals surface area contributed by atoms with Gasteiger partial charge < -0.3 is 11.1 Å². The van der Waals surface area contributed by atoms with E-state index < -0.39 is 0 Å². The van der Waals surface area contributed by atoms with Crippen molar-refractivity contribution in [1.29, 1.82) is 5.26 Å². The third-order valence-corrected chi connectivity index (χ3v) is 5.51. The summed E-state index contributed by atoms with van der Waals surface area (Å²) < 4.78 is 13.1. The average Bonchev–Trinajstić information content (AvgIpc) is 2.73. The Bertz CT molecular complexity index is 1080. The van der Waals surface area contributed by atoms with Crippen LogP contribution < -0.4 is 11.1 Å². The lowest BCUT2D eigenvalue weighted by Crippen LogP contribution is -2.08. The van der Waals surface area contributed by atoms with E-state index in [1.165, 1.54) is 29.5 Å². The van der Waals surface area contributed by atoms with Crippen LogP contribution in [0.2, 0.25) is 0 Å². The van der Waals surface area contributed by atoms with Gasteiger partial charge in [0.15, 0.2) is 0 Å². The predicted octanol–water partition coefficient (Wildman–Crippen LogP) is 3.77. The fourth-order valence-electron chi connectivity index (χ4n) is 3.16. The summed E-state index contributed by atoms with van der Waals surface area (Å²) in [6, 6.07) is 10.0. The number of aryl methyl sites for hydroxylation is 2. The van der Waals surface area contributed by atoms with Crippen LogP contribution in [0.3, 0.4) is 0 Å². The Kier molecular flexibility index (Phi) is 5.53. The molecule has 0 atom stereocenters. The molecule has 1 aromatic carbocycles. The minimum atomic E-state index is -0.325. The molecule has 2 heterocycles. The number of benzene rings is 1. The van der Waals surface area contributed by atoms with E-state index in [1.807, 2.05) is 6.07 Å². The van der Waals surface area contributed by atoms with Gasteiger partial charge in [0, 0.05) is 11.4 Å². The Morgan fingerprint density at radius 1 is 1.10 bits per heavy atom. The number of nitrogens with one attached hydrogen (secondary N) is 1. The molecule has 0 spiro atoms. The summed E-state index contributed by atoms with van der Waals surface area (Å²) >= 11 is 1.40. The SMILES string of the molecule is N#Cc1cc2c(nc1SCc1nc(N)nc(Nc3ccc(F)cc3)n1)CCCC2. The molecule has 3 N–H and O–H groups in total. The number of nitriles is 1. The van der Waals surface area contributed by atoms with Crippen molar-refractivity contribution in [3.05, 3.63) is 58.8 Å². The fourth-order valence-corrected chi connectivity index (χ4v) is 3.99. The summed E-state index contributed by atoms with van der Waals surface area (Å²) in [7, 11) is 0. The van der Waals surface area contributed by atoms with Crippen LogP contribution in [0.5, 0.6) is 0 Å². The summed E-state index contributed by atoms with van der Waals surface area (Å²) in [5.41, 5.74) is 9.27. The highest BCUT2D eigenvalue weighted by molar-refractivity contribution is 7.98. The summed E-state index contributed by atoms with van der Waals surface area (Å²) in [4.78, 5) is 17.3. The summed E-state index contributed by atoms with van der Waals surface area (Å²) in [5.74, 6) is 0.896. The smallest absolute Gasteiger partial charge is 0.232 e. The molecular formula is C20H18FN7S. The van der Waals surface area contributed by atoms with Gasteiger partial charge in [-0.3, -0.25) is 0 Å². The lowest BCUT2D eigenvalue weighted by molar-refractivity contribution is 0.628. The zero-order valence-electron chi connectivity index (χ0n) is 15.5. The van der Waals surface area contributed by atoms with Crippen molar-refractivity contribution >= 4 is 29.3 Å². The van der Waals surface area contributed by atoms with Crippen LogP contribution in [0.25, 0.3) is 0 Å². The first-order chi connectivity index (χ1) is 14.1. The van der Waals surface area contributed by atoms with Crippen molar-refractivity contribution in [3.63, 3.8) is 0 Å². The highest BCUT2D eigenvalue weighted by Gasteiger charge is 2.16. The van der Waals surface area contributed by atoms with E-state index in [0.717, 1.165) is 31.4 Å². The molecule has 0 radical (unpaired) electrons. The third-order valence-electron chi connectivity index (χ3n) is 4.52. The zero-order chi connectivity index (χ0) is 20.2. The summed E-state index contributed by atoms with van der Waals surface area (Å²) in [6.07, 6.45) is 4.18. The molecule has 0 saturated heterocycles. The third kappa shape index (κ3) is 4.60. The first-order valence-electron chi connectivity index (χ1n) is 9.19. The van der Waals surface area contributed by atoms with Crippen molar-refractivity contribution in [1.82, 2.24) is 19.9 Å². The lowest BCUT2D eigenvalue weighted by atomic mass is 9.95. The van der Waals surface area contributed by atoms with Crippen LogP contribution in [-0.2, 0) is 18.6 Å². The zero-order valence-corrected chi connectivity index (χ0v) is 16.3. The molecule has 0 saturated carbocycles. The molecule has 29 heavy (non-hydrogen) atoms. The molecule has 2 aromatic heterocycles. The second-order valence-corrected chi connectivity index (χ2v) is 7.58. The molecule has 0 bridgehead atoms. The maximum Gasteiger partial charge on any atom is 0.232 e. The maximum atomic E-state index is 13.1. The number of pyridine rings is 1. The molecular weight excluding hydrogens is 389 g/mol. The van der Waals surface area contributed by atoms with Crippen molar-refractivity contribution in [2.75, 3.05) is 11.1 Å². The fraction of sp³-hybridized carbons (Fsp3) is 0.250. The molecule has 9 heteroatoms. The first-order valence-corrected chi connectivity index (χ1v) is 10.2. The van der Waals surface area contributed by atoms with Crippen LogP contribution in [0, 0.1) is 17.1 Å². The molecule has 0 aliphatic heterocycles. The van der Waals surface area contributed by atoms with E-state index >= 15 is 0 Å². The lowest BCUT2D eigenvalue weighted by Gasteiger charge is -2.16. The minimum absolute atomic E-state index is 0.0825. The number of nitrogen functional groups attached to an aromatic ring is 1. The first kappa shape index (κ1) is 19.1. The Morgan fingerprint density at radius 3 is 2.69 bits per heavy atom. The number of rotatable bonds is 5. The average molecular weight is 407 g/mol. The number of aromatic nitrogens is 4. The molecule has 3 aromatic rings. The van der Waals surface area contributed by atoms with Crippen LogP contribution in [-0.4, -0.2) is 19.9 Å². The highest BCUT2D eigenvalue weighted by atomic mass is 32.2. The number of nitrogens with zero attached hydrogens (tertiary/aromatic N) is 5. The number of thioether (sulfide) groups is 1. The Labute approximate surface area is 171 Å². The number of hydrogen-bond donors (Lipinski definition) is 2. The molecule has 1 aliphatic carbocycles. The van der Waals surface area contributed by atoms with E-state index in [0.29, 0.717) is 27.9 Å². The second kappa shape index (κ2) is 8.41. The maximum absolute atomic E-state index is 13.1. The molecule has 1 aliphatic rings. The van der Waals surface area contributed by atoms with E-state index in [-0.39, 0.29) is 17.7 Å². The van der Waals surface area contributed by atoms with E-state index in [4.69, 9.17) is 10.7 Å². The van der Waals surface area contributed by atoms with Gasteiger partial charge in [-0.1, -0.05) is 11.8 Å². The van der Waals surface area contributed by atoms with E-state index in [1.54, 1.807) is 12.1 Å². The predicted molar refractivity (Wildman–Crippen MR) is 109 cm³/mol. The van der Waals surface area contributed by atoms with Gasteiger partial charge in [-0.05, 0) is 61.6 Å². The molecule has 7 nitrogen and oxygen atoms in total. The molecule has 0 fully saturated rings. The second-order valence-electron chi connectivity index (χ2n) is 6.62. The molecule has 0 amide bonds. The highest BCUT2D eigenvalue weighted by Crippen LogP contribution is 2.29. The Hall–Kier alpha value is -3.25. The van der Waals surface area contributed by atoms with Crippen LogP contribution in [0.15, 0.2) is 35.4 Å². The van der Waals surface area contributed by atoms with Gasteiger partial charge in [0.25, 0.3) is 0 Å². The molecule has 4 rings (SSSR count). The van der Waals surface area contributed by atoms with E-state index in [9.17, 15) is 9.65 Å². The van der Waals surface area contributed by atoms with Gasteiger partial charge in [-0.2, -0.15) is 20.2 Å². The van der Waals surface area contributed by atoms with Gasteiger partial charge in [0.05, 0.1) is 11.3 Å². The van der Waals surface area contributed by atoms with Crippen molar-refractivity contribution in [2.24, 2.45) is 0 Å². The van der Waals surface area contributed by atoms with Crippen LogP contribution in [0.1, 0.15) is 35.5 Å². The number of anilines is 3. The standard InChI is InChI=1S/C20H18FN7S/c21-14-5-7-15(8-6-14)24-20-27-17(26-19(23)28-20)11-29-18-13(10-22)9-12-3-1-2-4-16(12)25-18/h5-9H,1-4,11H2,(H3,23,24,26,27,28). The normalized spacial score (nSPS) is 12.8. The number of hydrogen-bond acceptors (Lipinski definition) is 8. The number of nitrogens with two attached hydrogens (primary N) is 1. The van der Waals surface area contributed by atoms with Crippen molar-refractivity contribution in [2.45, 2.75) is 36.5 Å². The topological polar surface area (TPSA) is 113 Å². The van der Waals surface area contributed by atoms with Gasteiger partial charge in [0.1, 0.15) is 22.7 Å². The number of fused-ring (bicyclic) bond motifs is 1. The quantitative estimate of drug-likeness (QED) is 0.615. The minimum Gasteiger partial charge on any atom is -0.368 e. The Morgan fingerprint density at radius 2 is 1.90 bits per heavy atom. The van der Waals surface area contributed by atoms with Gasteiger partial charge in [-0.15, -0.1) is 0 Å². The van der Waals surface area contributed by atoms with Crippen LogP contribution in [0.4, 0.5) is 22.0 Å². The monoisotopic (exact) mass is 407 g/mol. The number of halogens is 1.